The molecule has 1 rings (SSSR count). The summed E-state index contributed by atoms with van der Waals surface area (Å²) in [6.45, 7) is 16.4. The van der Waals surface area contributed by atoms with Crippen LogP contribution < -0.4 is 0 Å². The van der Waals surface area contributed by atoms with Crippen LogP contribution in [-0.4, -0.2) is 8.32 Å². The maximum Gasteiger partial charge on any atom is 0.250 e. The third-order valence-electron chi connectivity index (χ3n) is 5.86. The van der Waals surface area contributed by atoms with Gasteiger partial charge < -0.3 is 4.43 Å². The second-order valence-corrected chi connectivity index (χ2v) is 13.8. The first-order valence-electron chi connectivity index (χ1n) is 9.41. The Morgan fingerprint density at radius 1 is 1.30 bits per heavy atom. The van der Waals surface area contributed by atoms with Crippen LogP contribution in [0.25, 0.3) is 0 Å². The lowest BCUT2D eigenvalue weighted by Crippen LogP contribution is -2.42. The monoisotopic (exact) mass is 334 g/mol. The van der Waals surface area contributed by atoms with E-state index in [1.165, 1.54) is 31.4 Å². The van der Waals surface area contributed by atoms with Crippen LogP contribution in [0.3, 0.4) is 0 Å². The molecule has 0 heterocycles. The van der Waals surface area contributed by atoms with Crippen molar-refractivity contribution in [1.29, 1.82) is 0 Å². The third-order valence-corrected chi connectivity index (χ3v) is 10.2. The maximum atomic E-state index is 6.70. The van der Waals surface area contributed by atoms with Crippen LogP contribution in [0.4, 0.5) is 0 Å². The van der Waals surface area contributed by atoms with Crippen molar-refractivity contribution >= 4 is 8.32 Å². The summed E-state index contributed by atoms with van der Waals surface area (Å²) in [5, 5.41) is 0.261. The van der Waals surface area contributed by atoms with E-state index < -0.39 is 8.32 Å². The Hall–Kier alpha value is -0.683. The average molecular weight is 335 g/mol. The Balaban J connectivity index is 2.81. The van der Waals surface area contributed by atoms with Gasteiger partial charge in [-0.3, -0.25) is 0 Å². The molecule has 0 spiro atoms. The zero-order valence-corrected chi connectivity index (χ0v) is 17.5. The molecule has 0 saturated heterocycles. The fraction of sp³-hybridized carbons (Fsp3) is 0.810. The van der Waals surface area contributed by atoms with Crippen LogP contribution in [0.2, 0.25) is 18.1 Å². The van der Waals surface area contributed by atoms with E-state index in [-0.39, 0.29) is 5.04 Å². The number of rotatable bonds is 7. The van der Waals surface area contributed by atoms with Crippen molar-refractivity contribution in [2.24, 2.45) is 17.8 Å². The van der Waals surface area contributed by atoms with Crippen LogP contribution >= 0.6 is 0 Å². The Bertz CT molecular complexity index is 434. The van der Waals surface area contributed by atoms with Crippen LogP contribution in [0.1, 0.15) is 73.1 Å². The van der Waals surface area contributed by atoms with E-state index in [1.807, 2.05) is 0 Å². The van der Waals surface area contributed by atoms with Gasteiger partial charge >= 0.3 is 0 Å². The van der Waals surface area contributed by atoms with Gasteiger partial charge in [0.2, 0.25) is 8.32 Å². The van der Waals surface area contributed by atoms with E-state index in [2.05, 4.69) is 59.7 Å². The summed E-state index contributed by atoms with van der Waals surface area (Å²) in [5.41, 5.74) is 0. The lowest BCUT2D eigenvalue weighted by molar-refractivity contribution is 0.221. The largest absolute Gasteiger partial charge is 0.547 e. The molecule has 132 valence electrons. The predicted octanol–water partition coefficient (Wildman–Crippen LogP) is 6.77. The van der Waals surface area contributed by atoms with Crippen molar-refractivity contribution < 1.29 is 4.43 Å². The Labute approximate surface area is 146 Å². The van der Waals surface area contributed by atoms with Gasteiger partial charge in [0, 0.05) is 12.3 Å². The quantitative estimate of drug-likeness (QED) is 0.283. The zero-order valence-electron chi connectivity index (χ0n) is 16.5. The Morgan fingerprint density at radius 3 is 2.48 bits per heavy atom. The van der Waals surface area contributed by atoms with Crippen molar-refractivity contribution in [2.45, 2.75) is 91.3 Å². The molecule has 0 amide bonds. The number of hydrogen-bond acceptors (Lipinski definition) is 1. The van der Waals surface area contributed by atoms with Crippen LogP contribution in [0.5, 0.6) is 0 Å². The lowest BCUT2D eigenvalue weighted by Gasteiger charge is -2.41. The standard InChI is InChI=1S/C21H38OSi/c1-9-10-11-12-13-19-16-18(17(2)3)14-15-20(19)22-23(7,8)21(4,5)6/h1,15,17-19H,10-14,16H2,2-8H3. The minimum Gasteiger partial charge on any atom is -0.547 e. The molecule has 0 bridgehead atoms. The maximum absolute atomic E-state index is 6.70. The highest BCUT2D eigenvalue weighted by molar-refractivity contribution is 6.74. The molecule has 0 saturated carbocycles. The molecule has 1 aliphatic rings. The van der Waals surface area contributed by atoms with Crippen molar-refractivity contribution in [3.8, 4) is 12.3 Å². The molecule has 0 aromatic heterocycles. The van der Waals surface area contributed by atoms with E-state index in [0.717, 1.165) is 24.7 Å². The normalized spacial score (nSPS) is 22.7. The molecule has 0 aromatic carbocycles. The molecule has 0 N–H and O–H groups in total. The van der Waals surface area contributed by atoms with Crippen molar-refractivity contribution in [2.75, 3.05) is 0 Å². The lowest BCUT2D eigenvalue weighted by atomic mass is 9.77. The highest BCUT2D eigenvalue weighted by atomic mass is 28.4. The summed E-state index contributed by atoms with van der Waals surface area (Å²) in [4.78, 5) is 0. The van der Waals surface area contributed by atoms with Crippen LogP contribution in [0, 0.1) is 30.1 Å². The molecule has 0 radical (unpaired) electrons. The second-order valence-electron chi connectivity index (χ2n) is 9.09. The van der Waals surface area contributed by atoms with E-state index in [4.69, 9.17) is 10.8 Å². The molecule has 1 nitrogen and oxygen atoms in total. The molecular weight excluding hydrogens is 296 g/mol. The molecule has 2 heteroatoms. The Morgan fingerprint density at radius 2 is 1.96 bits per heavy atom. The van der Waals surface area contributed by atoms with E-state index >= 15 is 0 Å². The van der Waals surface area contributed by atoms with Gasteiger partial charge in [-0.1, -0.05) is 41.0 Å². The minimum atomic E-state index is -1.74. The van der Waals surface area contributed by atoms with Crippen molar-refractivity contribution in [3.63, 3.8) is 0 Å². The van der Waals surface area contributed by atoms with Crippen LogP contribution in [-0.2, 0) is 4.43 Å². The van der Waals surface area contributed by atoms with Gasteiger partial charge in [0.25, 0.3) is 0 Å². The highest BCUT2D eigenvalue weighted by Crippen LogP contribution is 2.43. The first-order chi connectivity index (χ1) is 10.6. The van der Waals surface area contributed by atoms with Gasteiger partial charge in [-0.25, -0.2) is 0 Å². The fourth-order valence-corrected chi connectivity index (χ4v) is 4.15. The summed E-state index contributed by atoms with van der Waals surface area (Å²) in [6, 6.07) is 0. The summed E-state index contributed by atoms with van der Waals surface area (Å²) in [7, 11) is -1.74. The summed E-state index contributed by atoms with van der Waals surface area (Å²) in [6.07, 6.45) is 14.8. The van der Waals surface area contributed by atoms with Crippen LogP contribution in [0.15, 0.2) is 11.8 Å². The summed E-state index contributed by atoms with van der Waals surface area (Å²) in [5.74, 6) is 6.23. The number of terminal acetylenes is 1. The molecular formula is C21H38OSi. The minimum absolute atomic E-state index is 0.261. The molecule has 2 unspecified atom stereocenters. The number of allylic oxidation sites excluding steroid dienone is 2. The summed E-state index contributed by atoms with van der Waals surface area (Å²) >= 11 is 0. The smallest absolute Gasteiger partial charge is 0.250 e. The number of hydrogen-bond donors (Lipinski definition) is 0. The number of unbranched alkanes of at least 4 members (excludes halogenated alkanes) is 2. The highest BCUT2D eigenvalue weighted by Gasteiger charge is 2.41. The average Bonchev–Trinajstić information content (AvgIpc) is 2.43. The van der Waals surface area contributed by atoms with E-state index in [0.29, 0.717) is 5.92 Å². The van der Waals surface area contributed by atoms with E-state index in [9.17, 15) is 0 Å². The van der Waals surface area contributed by atoms with Gasteiger partial charge in [0.1, 0.15) is 0 Å². The van der Waals surface area contributed by atoms with Gasteiger partial charge in [0.05, 0.1) is 5.76 Å². The zero-order chi connectivity index (χ0) is 17.7. The third kappa shape index (κ3) is 6.03. The van der Waals surface area contributed by atoms with Gasteiger partial charge in [-0.2, -0.15) is 0 Å². The molecule has 0 aliphatic heterocycles. The Kier molecular flexibility index (Phi) is 7.46. The molecule has 2 atom stereocenters. The van der Waals surface area contributed by atoms with Crippen molar-refractivity contribution in [3.05, 3.63) is 11.8 Å². The molecule has 23 heavy (non-hydrogen) atoms. The second kappa shape index (κ2) is 8.43. The first kappa shape index (κ1) is 20.4. The van der Waals surface area contributed by atoms with E-state index in [1.54, 1.807) is 0 Å². The first-order valence-corrected chi connectivity index (χ1v) is 12.3. The molecule has 1 aliphatic carbocycles. The fourth-order valence-electron chi connectivity index (χ4n) is 3.01. The molecule has 0 aromatic rings. The van der Waals surface area contributed by atoms with Gasteiger partial charge in [-0.15, -0.1) is 12.3 Å². The SMILES string of the molecule is C#CCCCCC1CC(C(C)C)CC=C1O[Si](C)(C)C(C)(C)C. The van der Waals surface area contributed by atoms with Gasteiger partial charge in [-0.05, 0) is 61.7 Å². The predicted molar refractivity (Wildman–Crippen MR) is 105 cm³/mol. The summed E-state index contributed by atoms with van der Waals surface area (Å²) < 4.78 is 6.70. The van der Waals surface area contributed by atoms with Crippen molar-refractivity contribution in [1.82, 2.24) is 0 Å². The van der Waals surface area contributed by atoms with Gasteiger partial charge in [0.15, 0.2) is 0 Å². The molecule has 0 fully saturated rings. The topological polar surface area (TPSA) is 9.23 Å².